The maximum absolute atomic E-state index is 13.4. The van der Waals surface area contributed by atoms with E-state index < -0.39 is 0 Å². The molecule has 0 aliphatic rings. The predicted octanol–water partition coefficient (Wildman–Crippen LogP) is 4.58. The topological polar surface area (TPSA) is 25.2 Å². The van der Waals surface area contributed by atoms with Crippen molar-refractivity contribution in [1.29, 1.82) is 0 Å². The van der Waals surface area contributed by atoms with E-state index in [9.17, 15) is 4.39 Å². The Morgan fingerprint density at radius 3 is 2.71 bits per heavy atom. The summed E-state index contributed by atoms with van der Waals surface area (Å²) in [6, 6.07) is 12.9. The van der Waals surface area contributed by atoms with Gasteiger partial charge >= 0.3 is 0 Å². The molecule has 1 atom stereocenters. The van der Waals surface area contributed by atoms with E-state index in [-0.39, 0.29) is 11.9 Å². The maximum Gasteiger partial charge on any atom is 0.134 e. The zero-order valence-electron chi connectivity index (χ0n) is 12.2. The molecule has 1 heterocycles. The van der Waals surface area contributed by atoms with E-state index in [1.165, 1.54) is 6.07 Å². The second kappa shape index (κ2) is 5.70. The van der Waals surface area contributed by atoms with Crippen LogP contribution in [0.3, 0.4) is 0 Å². The molecule has 0 fully saturated rings. The first-order chi connectivity index (χ1) is 10.2. The lowest BCUT2D eigenvalue weighted by Crippen LogP contribution is -2.22. The summed E-state index contributed by atoms with van der Waals surface area (Å²) in [7, 11) is 0. The number of hydrogen-bond acceptors (Lipinski definition) is 2. The maximum atomic E-state index is 13.4. The van der Waals surface area contributed by atoms with Gasteiger partial charge in [0.25, 0.3) is 0 Å². The molecule has 1 N–H and O–H groups in total. The average Bonchev–Trinajstić information content (AvgIpc) is 2.89. The van der Waals surface area contributed by atoms with Crippen LogP contribution in [0.5, 0.6) is 0 Å². The van der Waals surface area contributed by atoms with E-state index in [0.717, 1.165) is 34.2 Å². The molecule has 3 rings (SSSR count). The summed E-state index contributed by atoms with van der Waals surface area (Å²) in [5, 5.41) is 4.56. The van der Waals surface area contributed by atoms with Crippen molar-refractivity contribution in [2.24, 2.45) is 0 Å². The zero-order valence-corrected chi connectivity index (χ0v) is 12.2. The Balaban J connectivity index is 2.13. The molecular weight excluding hydrogens is 265 g/mol. The van der Waals surface area contributed by atoms with Gasteiger partial charge in [0, 0.05) is 10.9 Å². The number of aryl methyl sites for hydroxylation is 1. The standard InChI is InChI=1S/C18H18FNO/c1-3-20-18(14-9-8-13(19)10-12(14)2)16-11-21-17-7-5-4-6-15(16)17/h4-11,18,20H,3H2,1-2H3. The van der Waals surface area contributed by atoms with Crippen LogP contribution in [0.25, 0.3) is 11.0 Å². The van der Waals surface area contributed by atoms with Crippen LogP contribution < -0.4 is 5.32 Å². The first-order valence-corrected chi connectivity index (χ1v) is 7.16. The monoisotopic (exact) mass is 283 g/mol. The Kier molecular flexibility index (Phi) is 3.76. The number of para-hydroxylation sites is 1. The van der Waals surface area contributed by atoms with Crippen molar-refractivity contribution in [2.45, 2.75) is 19.9 Å². The number of halogens is 1. The van der Waals surface area contributed by atoms with Gasteiger partial charge in [-0.25, -0.2) is 4.39 Å². The molecule has 0 amide bonds. The van der Waals surface area contributed by atoms with Gasteiger partial charge in [0.2, 0.25) is 0 Å². The van der Waals surface area contributed by atoms with Gasteiger partial charge in [0.05, 0.1) is 12.3 Å². The SMILES string of the molecule is CCNC(c1ccc(F)cc1C)c1coc2ccccc12. The number of furan rings is 1. The van der Waals surface area contributed by atoms with E-state index in [0.29, 0.717) is 0 Å². The van der Waals surface area contributed by atoms with E-state index in [1.54, 1.807) is 12.3 Å². The molecule has 0 saturated heterocycles. The summed E-state index contributed by atoms with van der Waals surface area (Å²) < 4.78 is 19.0. The Morgan fingerprint density at radius 2 is 1.95 bits per heavy atom. The molecule has 0 bridgehead atoms. The van der Waals surface area contributed by atoms with Crippen molar-refractivity contribution in [1.82, 2.24) is 5.32 Å². The highest BCUT2D eigenvalue weighted by Gasteiger charge is 2.19. The summed E-state index contributed by atoms with van der Waals surface area (Å²) in [6.07, 6.45) is 1.79. The zero-order chi connectivity index (χ0) is 14.8. The molecule has 0 aliphatic carbocycles. The molecule has 21 heavy (non-hydrogen) atoms. The van der Waals surface area contributed by atoms with Crippen LogP contribution in [0.2, 0.25) is 0 Å². The molecule has 0 saturated carbocycles. The fourth-order valence-corrected chi connectivity index (χ4v) is 2.78. The lowest BCUT2D eigenvalue weighted by Gasteiger charge is -2.19. The van der Waals surface area contributed by atoms with Gasteiger partial charge in [-0.1, -0.05) is 31.2 Å². The van der Waals surface area contributed by atoms with Crippen molar-refractivity contribution in [2.75, 3.05) is 6.54 Å². The summed E-state index contributed by atoms with van der Waals surface area (Å²) in [5.74, 6) is -0.205. The summed E-state index contributed by atoms with van der Waals surface area (Å²) in [5.41, 5.74) is 3.97. The molecule has 1 unspecified atom stereocenters. The molecule has 2 aromatic carbocycles. The molecule has 0 spiro atoms. The summed E-state index contributed by atoms with van der Waals surface area (Å²) >= 11 is 0. The van der Waals surface area contributed by atoms with Crippen molar-refractivity contribution < 1.29 is 8.81 Å². The Bertz CT molecular complexity index is 763. The number of rotatable bonds is 4. The summed E-state index contributed by atoms with van der Waals surface area (Å²) in [4.78, 5) is 0. The fraction of sp³-hybridized carbons (Fsp3) is 0.222. The number of hydrogen-bond donors (Lipinski definition) is 1. The largest absolute Gasteiger partial charge is 0.464 e. The number of nitrogens with one attached hydrogen (secondary N) is 1. The van der Waals surface area contributed by atoms with Crippen LogP contribution in [-0.4, -0.2) is 6.54 Å². The first-order valence-electron chi connectivity index (χ1n) is 7.16. The van der Waals surface area contributed by atoms with E-state index in [4.69, 9.17) is 4.42 Å². The highest BCUT2D eigenvalue weighted by atomic mass is 19.1. The quantitative estimate of drug-likeness (QED) is 0.758. The van der Waals surface area contributed by atoms with Crippen LogP contribution in [-0.2, 0) is 0 Å². The molecule has 0 radical (unpaired) electrons. The number of fused-ring (bicyclic) bond motifs is 1. The molecule has 2 nitrogen and oxygen atoms in total. The molecular formula is C18H18FNO. The summed E-state index contributed by atoms with van der Waals surface area (Å²) in [6.45, 7) is 4.82. The van der Waals surface area contributed by atoms with Gasteiger partial charge in [-0.15, -0.1) is 0 Å². The van der Waals surface area contributed by atoms with Crippen LogP contribution in [0.4, 0.5) is 4.39 Å². The van der Waals surface area contributed by atoms with Gasteiger partial charge in [-0.3, -0.25) is 0 Å². The van der Waals surface area contributed by atoms with Gasteiger partial charge in [0.15, 0.2) is 0 Å². The van der Waals surface area contributed by atoms with Gasteiger partial charge < -0.3 is 9.73 Å². The minimum absolute atomic E-state index is 0.000694. The highest BCUT2D eigenvalue weighted by molar-refractivity contribution is 5.82. The third-order valence-corrected chi connectivity index (χ3v) is 3.77. The van der Waals surface area contributed by atoms with Gasteiger partial charge in [-0.05, 0) is 42.8 Å². The second-order valence-corrected chi connectivity index (χ2v) is 5.18. The number of benzene rings is 2. The Labute approximate surface area is 123 Å². The van der Waals surface area contributed by atoms with Crippen LogP contribution >= 0.6 is 0 Å². The van der Waals surface area contributed by atoms with Crippen molar-refractivity contribution >= 4 is 11.0 Å². The van der Waals surface area contributed by atoms with E-state index in [1.807, 2.05) is 31.2 Å². The predicted molar refractivity (Wildman–Crippen MR) is 82.9 cm³/mol. The Hall–Kier alpha value is -2.13. The molecule has 3 aromatic rings. The van der Waals surface area contributed by atoms with Crippen LogP contribution in [0, 0.1) is 12.7 Å². The normalized spacial score (nSPS) is 12.7. The molecule has 108 valence electrons. The van der Waals surface area contributed by atoms with E-state index in [2.05, 4.69) is 18.3 Å². The second-order valence-electron chi connectivity index (χ2n) is 5.18. The smallest absolute Gasteiger partial charge is 0.134 e. The lowest BCUT2D eigenvalue weighted by molar-refractivity contribution is 0.581. The van der Waals surface area contributed by atoms with Crippen LogP contribution in [0.15, 0.2) is 53.1 Å². The highest BCUT2D eigenvalue weighted by Crippen LogP contribution is 2.32. The lowest BCUT2D eigenvalue weighted by atomic mass is 9.94. The van der Waals surface area contributed by atoms with Crippen molar-refractivity contribution in [3.63, 3.8) is 0 Å². The van der Waals surface area contributed by atoms with Gasteiger partial charge in [-0.2, -0.15) is 0 Å². The average molecular weight is 283 g/mol. The molecule has 1 aromatic heterocycles. The van der Waals surface area contributed by atoms with Gasteiger partial charge in [0.1, 0.15) is 11.4 Å². The third kappa shape index (κ3) is 2.57. The minimum Gasteiger partial charge on any atom is -0.464 e. The minimum atomic E-state index is -0.205. The van der Waals surface area contributed by atoms with Crippen LogP contribution in [0.1, 0.15) is 29.7 Å². The van der Waals surface area contributed by atoms with Crippen molar-refractivity contribution in [3.8, 4) is 0 Å². The van der Waals surface area contributed by atoms with E-state index >= 15 is 0 Å². The third-order valence-electron chi connectivity index (χ3n) is 3.77. The first kappa shape index (κ1) is 13.8. The molecule has 0 aliphatic heterocycles. The molecule has 3 heteroatoms. The van der Waals surface area contributed by atoms with Crippen molar-refractivity contribution in [3.05, 3.63) is 71.2 Å². The Morgan fingerprint density at radius 1 is 1.14 bits per heavy atom. The fourth-order valence-electron chi connectivity index (χ4n) is 2.78.